The van der Waals surface area contributed by atoms with Crippen molar-refractivity contribution in [3.8, 4) is 0 Å². The lowest BCUT2D eigenvalue weighted by Crippen LogP contribution is -2.54. The number of Topliss-reactive ketones (excluding diaryl/α,β-unsaturated/α-hetero) is 1. The van der Waals surface area contributed by atoms with Crippen LogP contribution >= 0.6 is 15.9 Å². The zero-order valence-electron chi connectivity index (χ0n) is 12.5. The Balaban J connectivity index is 2.17. The molecule has 1 aromatic rings. The summed E-state index contributed by atoms with van der Waals surface area (Å²) in [7, 11) is 4.07. The summed E-state index contributed by atoms with van der Waals surface area (Å²) in [6.45, 7) is 2.25. The highest BCUT2D eigenvalue weighted by atomic mass is 79.9. The van der Waals surface area contributed by atoms with Crippen LogP contribution < -0.4 is 0 Å². The summed E-state index contributed by atoms with van der Waals surface area (Å²) in [5, 5.41) is 0. The minimum Gasteiger partial charge on any atom is -0.297 e. The van der Waals surface area contributed by atoms with Crippen LogP contribution in [0, 0.1) is 5.92 Å². The highest BCUT2D eigenvalue weighted by molar-refractivity contribution is 9.10. The Morgan fingerprint density at radius 3 is 2.80 bits per heavy atom. The topological polar surface area (TPSA) is 33.2 Å². The van der Waals surface area contributed by atoms with E-state index >= 15 is 0 Å². The van der Waals surface area contributed by atoms with Crippen LogP contribution in [0.25, 0.3) is 0 Å². The Morgan fingerprint density at radius 2 is 2.25 bits per heavy atom. The second-order valence-corrected chi connectivity index (χ2v) is 7.11. The lowest BCUT2D eigenvalue weighted by atomic mass is 9.72. The van der Waals surface area contributed by atoms with Crippen molar-refractivity contribution in [3.05, 3.63) is 28.5 Å². The van der Waals surface area contributed by atoms with E-state index < -0.39 is 0 Å². The van der Waals surface area contributed by atoms with Crippen molar-refractivity contribution in [1.29, 1.82) is 0 Å². The number of likely N-dealkylation sites (N-methyl/N-ethyl adjacent to an activating group) is 1. The molecule has 0 amide bonds. The van der Waals surface area contributed by atoms with Gasteiger partial charge < -0.3 is 0 Å². The van der Waals surface area contributed by atoms with E-state index in [2.05, 4.69) is 32.7 Å². The third-order valence-corrected chi connectivity index (χ3v) is 4.95. The van der Waals surface area contributed by atoms with Crippen molar-refractivity contribution in [2.24, 2.45) is 5.92 Å². The lowest BCUT2D eigenvalue weighted by Gasteiger charge is -2.43. The average molecular weight is 339 g/mol. The maximum atomic E-state index is 12.9. The maximum absolute atomic E-state index is 12.9. The third kappa shape index (κ3) is 3.29. The number of carbonyl (C=O) groups excluding carboxylic acids is 1. The minimum atomic E-state index is -0.299. The number of ketones is 1. The molecule has 0 aromatic carbocycles. The summed E-state index contributed by atoms with van der Waals surface area (Å²) in [5.74, 6) is 0.928. The van der Waals surface area contributed by atoms with Crippen molar-refractivity contribution >= 4 is 21.7 Å². The summed E-state index contributed by atoms with van der Waals surface area (Å²) in [6, 6.07) is 3.87. The molecule has 2 rings (SSSR count). The molecule has 1 aliphatic rings. The van der Waals surface area contributed by atoms with E-state index in [9.17, 15) is 4.79 Å². The van der Waals surface area contributed by atoms with Crippen LogP contribution in [0.5, 0.6) is 0 Å². The molecule has 0 aliphatic heterocycles. The van der Waals surface area contributed by atoms with Gasteiger partial charge in [-0.2, -0.15) is 0 Å². The van der Waals surface area contributed by atoms with Gasteiger partial charge in [0.15, 0.2) is 5.78 Å². The molecule has 1 saturated carbocycles. The van der Waals surface area contributed by atoms with Crippen molar-refractivity contribution in [2.75, 3.05) is 14.1 Å². The van der Waals surface area contributed by atoms with E-state index in [1.165, 1.54) is 6.42 Å². The molecule has 2 unspecified atom stereocenters. The molecule has 1 fully saturated rings. The first kappa shape index (κ1) is 15.6. The molecule has 0 bridgehead atoms. The lowest BCUT2D eigenvalue weighted by molar-refractivity contribution is -0.132. The van der Waals surface area contributed by atoms with Gasteiger partial charge in [0.05, 0.1) is 12.0 Å². The molecule has 1 aliphatic carbocycles. The van der Waals surface area contributed by atoms with Gasteiger partial charge in [-0.1, -0.05) is 19.8 Å². The highest BCUT2D eigenvalue weighted by Crippen LogP contribution is 2.37. The number of hydrogen-bond donors (Lipinski definition) is 0. The molecule has 0 saturated heterocycles. The maximum Gasteiger partial charge on any atom is 0.158 e. The van der Waals surface area contributed by atoms with E-state index in [1.54, 1.807) is 6.20 Å². The van der Waals surface area contributed by atoms with Gasteiger partial charge in [0.2, 0.25) is 0 Å². The Kier molecular flexibility index (Phi) is 4.97. The molecule has 1 aromatic heterocycles. The summed E-state index contributed by atoms with van der Waals surface area (Å²) < 4.78 is 0.947. The molecule has 4 heteroatoms. The fourth-order valence-corrected chi connectivity index (χ4v) is 3.51. The predicted molar refractivity (Wildman–Crippen MR) is 84.7 cm³/mol. The van der Waals surface area contributed by atoms with Crippen molar-refractivity contribution in [2.45, 2.75) is 44.6 Å². The van der Waals surface area contributed by atoms with E-state index in [-0.39, 0.29) is 5.54 Å². The Morgan fingerprint density at radius 1 is 1.50 bits per heavy atom. The van der Waals surface area contributed by atoms with Gasteiger partial charge in [-0.3, -0.25) is 14.7 Å². The number of hydrogen-bond acceptors (Lipinski definition) is 3. The van der Waals surface area contributed by atoms with Gasteiger partial charge in [-0.25, -0.2) is 0 Å². The molecule has 0 spiro atoms. The number of carbonyl (C=O) groups is 1. The Labute approximate surface area is 129 Å². The van der Waals surface area contributed by atoms with E-state index in [4.69, 9.17) is 0 Å². The van der Waals surface area contributed by atoms with Crippen LogP contribution in [0.3, 0.4) is 0 Å². The molecular weight excluding hydrogens is 316 g/mol. The molecule has 0 N–H and O–H groups in total. The van der Waals surface area contributed by atoms with Gasteiger partial charge in [0.1, 0.15) is 0 Å². The molecule has 20 heavy (non-hydrogen) atoms. The van der Waals surface area contributed by atoms with E-state index in [1.807, 2.05) is 26.2 Å². The van der Waals surface area contributed by atoms with Crippen molar-refractivity contribution in [3.63, 3.8) is 0 Å². The summed E-state index contributed by atoms with van der Waals surface area (Å²) in [4.78, 5) is 19.3. The Hall–Kier alpha value is -0.740. The second kappa shape index (κ2) is 6.35. The minimum absolute atomic E-state index is 0.299. The fraction of sp³-hybridized carbons (Fsp3) is 0.625. The molecule has 1 heterocycles. The van der Waals surface area contributed by atoms with Crippen LogP contribution in [-0.2, 0) is 11.2 Å². The number of nitrogens with zero attached hydrogens (tertiary/aromatic N) is 2. The summed E-state index contributed by atoms with van der Waals surface area (Å²) in [5.41, 5.74) is 0.560. The van der Waals surface area contributed by atoms with Crippen molar-refractivity contribution < 1.29 is 4.79 Å². The van der Waals surface area contributed by atoms with E-state index in [0.29, 0.717) is 18.1 Å². The first-order valence-corrected chi connectivity index (χ1v) is 8.04. The molecule has 110 valence electrons. The quantitative estimate of drug-likeness (QED) is 0.842. The van der Waals surface area contributed by atoms with Gasteiger partial charge in [0.25, 0.3) is 0 Å². The van der Waals surface area contributed by atoms with Crippen LogP contribution in [0.2, 0.25) is 0 Å². The van der Waals surface area contributed by atoms with Crippen LogP contribution in [-0.4, -0.2) is 35.3 Å². The number of rotatable bonds is 4. The first-order valence-electron chi connectivity index (χ1n) is 7.25. The van der Waals surface area contributed by atoms with E-state index in [0.717, 1.165) is 29.4 Å². The van der Waals surface area contributed by atoms with Gasteiger partial charge >= 0.3 is 0 Å². The van der Waals surface area contributed by atoms with Crippen molar-refractivity contribution in [1.82, 2.24) is 9.88 Å². The average Bonchev–Trinajstić information content (AvgIpc) is 2.41. The summed E-state index contributed by atoms with van der Waals surface area (Å²) in [6.07, 6.45) is 6.50. The third-order valence-electron chi connectivity index (χ3n) is 4.48. The largest absolute Gasteiger partial charge is 0.297 e. The standard InChI is InChI=1S/C16H23BrN2O/c1-12-5-4-8-16(10-12,19(2)3)15(20)9-14-7-6-13(17)11-18-14/h6-7,11-12H,4-5,8-10H2,1-3H3. The van der Waals surface area contributed by atoms with Gasteiger partial charge in [-0.05, 0) is 60.9 Å². The van der Waals surface area contributed by atoms with Crippen LogP contribution in [0.15, 0.2) is 22.8 Å². The summed E-state index contributed by atoms with van der Waals surface area (Å²) >= 11 is 3.37. The molecule has 0 radical (unpaired) electrons. The fourth-order valence-electron chi connectivity index (χ4n) is 3.27. The number of pyridine rings is 1. The smallest absolute Gasteiger partial charge is 0.158 e. The normalized spacial score (nSPS) is 26.8. The van der Waals surface area contributed by atoms with Crippen LogP contribution in [0.4, 0.5) is 0 Å². The molecule has 3 nitrogen and oxygen atoms in total. The monoisotopic (exact) mass is 338 g/mol. The number of halogens is 1. The van der Waals surface area contributed by atoms with Gasteiger partial charge in [0, 0.05) is 16.4 Å². The Bertz CT molecular complexity index is 472. The van der Waals surface area contributed by atoms with Gasteiger partial charge in [-0.15, -0.1) is 0 Å². The number of aromatic nitrogens is 1. The highest BCUT2D eigenvalue weighted by Gasteiger charge is 2.42. The van der Waals surface area contributed by atoms with Crippen LogP contribution in [0.1, 0.15) is 38.3 Å². The zero-order valence-corrected chi connectivity index (χ0v) is 14.1. The zero-order chi connectivity index (χ0) is 14.8. The molecular formula is C16H23BrN2O. The second-order valence-electron chi connectivity index (χ2n) is 6.20. The predicted octanol–water partition coefficient (Wildman–Crippen LogP) is 3.47. The molecule has 2 atom stereocenters. The first-order chi connectivity index (χ1) is 9.44. The SMILES string of the molecule is CC1CCCC(C(=O)Cc2ccc(Br)cn2)(N(C)C)C1.